The molecule has 2 aromatic rings. The van der Waals surface area contributed by atoms with E-state index in [2.05, 4.69) is 17.2 Å². The number of aliphatic hydroxyl groups is 1. The normalized spacial score (nSPS) is 10.4. The van der Waals surface area contributed by atoms with Crippen molar-refractivity contribution in [2.75, 3.05) is 25.6 Å². The van der Waals surface area contributed by atoms with Crippen LogP contribution >= 0.6 is 11.3 Å². The molecule has 0 fully saturated rings. The molecule has 0 aliphatic heterocycles. The van der Waals surface area contributed by atoms with Crippen LogP contribution in [0.15, 0.2) is 24.4 Å². The second kappa shape index (κ2) is 7.85. The topological polar surface area (TPSA) is 63.6 Å². The van der Waals surface area contributed by atoms with Crippen LogP contribution in [0.2, 0.25) is 0 Å². The molecule has 1 aromatic heterocycles. The van der Waals surface area contributed by atoms with E-state index in [-0.39, 0.29) is 13.2 Å². The molecular formula is C15H20N2O3S. The average molecular weight is 308 g/mol. The number of anilines is 1. The van der Waals surface area contributed by atoms with Crippen LogP contribution in [0.25, 0.3) is 0 Å². The van der Waals surface area contributed by atoms with E-state index in [9.17, 15) is 0 Å². The third kappa shape index (κ3) is 4.34. The lowest BCUT2D eigenvalue weighted by Crippen LogP contribution is -2.04. The zero-order valence-corrected chi connectivity index (χ0v) is 13.1. The fraction of sp³-hybridized carbons (Fsp3) is 0.400. The van der Waals surface area contributed by atoms with E-state index in [0.29, 0.717) is 11.5 Å². The lowest BCUT2D eigenvalue weighted by atomic mass is 10.2. The molecule has 0 saturated heterocycles. The van der Waals surface area contributed by atoms with Crippen LogP contribution < -0.4 is 14.8 Å². The van der Waals surface area contributed by atoms with Gasteiger partial charge in [0.25, 0.3) is 0 Å². The molecule has 114 valence electrons. The van der Waals surface area contributed by atoms with Crippen molar-refractivity contribution in [3.05, 3.63) is 34.3 Å². The molecule has 0 atom stereocenters. The van der Waals surface area contributed by atoms with Crippen molar-refractivity contribution >= 4 is 17.0 Å². The lowest BCUT2D eigenvalue weighted by molar-refractivity contribution is 0.196. The van der Waals surface area contributed by atoms with E-state index in [1.807, 2.05) is 24.4 Å². The summed E-state index contributed by atoms with van der Waals surface area (Å²) in [5.41, 5.74) is 0.940. The van der Waals surface area contributed by atoms with Crippen LogP contribution in [0.5, 0.6) is 11.5 Å². The molecule has 5 nitrogen and oxygen atoms in total. The number of aliphatic hydroxyl groups excluding tert-OH is 1. The van der Waals surface area contributed by atoms with Crippen molar-refractivity contribution in [3.63, 3.8) is 0 Å². The largest absolute Gasteiger partial charge is 0.493 e. The van der Waals surface area contributed by atoms with Gasteiger partial charge < -0.3 is 19.9 Å². The monoisotopic (exact) mass is 308 g/mol. The second-order valence-electron chi connectivity index (χ2n) is 4.37. The maximum Gasteiger partial charge on any atom is 0.163 e. The summed E-state index contributed by atoms with van der Waals surface area (Å²) >= 11 is 1.72. The molecule has 1 heterocycles. The second-order valence-corrected chi connectivity index (χ2v) is 5.56. The molecule has 0 amide bonds. The molecule has 0 radical (unpaired) electrons. The van der Waals surface area contributed by atoms with Crippen LogP contribution in [0.3, 0.4) is 0 Å². The molecule has 6 heteroatoms. The Labute approximate surface area is 128 Å². The smallest absolute Gasteiger partial charge is 0.163 e. The van der Waals surface area contributed by atoms with Crippen LogP contribution in [-0.2, 0) is 13.0 Å². The van der Waals surface area contributed by atoms with Gasteiger partial charge in [-0.05, 0) is 18.6 Å². The van der Waals surface area contributed by atoms with Crippen LogP contribution in [0.4, 0.5) is 5.69 Å². The molecule has 0 unspecified atom stereocenters. The highest BCUT2D eigenvalue weighted by Crippen LogP contribution is 2.30. The molecule has 2 N–H and O–H groups in total. The van der Waals surface area contributed by atoms with E-state index in [1.54, 1.807) is 18.4 Å². The maximum absolute atomic E-state index is 8.85. The first-order chi connectivity index (χ1) is 10.3. The van der Waals surface area contributed by atoms with Gasteiger partial charge in [0, 0.05) is 22.8 Å². The van der Waals surface area contributed by atoms with Crippen LogP contribution in [0.1, 0.15) is 16.8 Å². The maximum atomic E-state index is 8.85. The van der Waals surface area contributed by atoms with Crippen molar-refractivity contribution in [3.8, 4) is 11.5 Å². The Balaban J connectivity index is 2.02. The van der Waals surface area contributed by atoms with E-state index >= 15 is 0 Å². The number of aryl methyl sites for hydroxylation is 1. The molecular weight excluding hydrogens is 288 g/mol. The van der Waals surface area contributed by atoms with Gasteiger partial charge in [0.2, 0.25) is 0 Å². The van der Waals surface area contributed by atoms with Gasteiger partial charge in [-0.25, -0.2) is 4.98 Å². The summed E-state index contributed by atoms with van der Waals surface area (Å²) in [4.78, 5) is 5.53. The van der Waals surface area contributed by atoms with E-state index in [4.69, 9.17) is 14.6 Å². The zero-order valence-electron chi connectivity index (χ0n) is 12.3. The number of nitrogens with one attached hydrogen (secondary N) is 1. The van der Waals surface area contributed by atoms with Gasteiger partial charge in [0.1, 0.15) is 6.61 Å². The minimum Gasteiger partial charge on any atom is -0.493 e. The molecule has 0 bridgehead atoms. The van der Waals surface area contributed by atoms with Gasteiger partial charge in [0.05, 0.1) is 25.3 Å². The van der Waals surface area contributed by atoms with Gasteiger partial charge in [0.15, 0.2) is 11.5 Å². The van der Waals surface area contributed by atoms with Crippen molar-refractivity contribution in [1.29, 1.82) is 0 Å². The summed E-state index contributed by atoms with van der Waals surface area (Å²) in [5, 5.41) is 13.3. The molecule has 0 aliphatic rings. The van der Waals surface area contributed by atoms with E-state index in [0.717, 1.165) is 23.7 Å². The minimum atomic E-state index is -0.0263. The summed E-state index contributed by atoms with van der Waals surface area (Å²) in [5.74, 6) is 1.27. The number of ether oxygens (including phenoxy) is 2. The molecule has 1 aromatic carbocycles. The Hall–Kier alpha value is -1.79. The number of hydrogen-bond donors (Lipinski definition) is 2. The summed E-state index contributed by atoms with van der Waals surface area (Å²) < 4.78 is 10.7. The van der Waals surface area contributed by atoms with Crippen molar-refractivity contribution < 1.29 is 14.6 Å². The van der Waals surface area contributed by atoms with Gasteiger partial charge in [-0.1, -0.05) is 6.92 Å². The summed E-state index contributed by atoms with van der Waals surface area (Å²) in [6.45, 7) is 3.05. The van der Waals surface area contributed by atoms with Crippen molar-refractivity contribution in [2.45, 2.75) is 19.9 Å². The molecule has 0 saturated carbocycles. The quantitative estimate of drug-likeness (QED) is 0.785. The predicted octanol–water partition coefficient (Wildman–Crippen LogP) is 2.70. The van der Waals surface area contributed by atoms with Crippen LogP contribution in [0, 0.1) is 0 Å². The average Bonchev–Trinajstić information content (AvgIpc) is 2.99. The molecule has 0 spiro atoms. The van der Waals surface area contributed by atoms with Crippen LogP contribution in [-0.4, -0.2) is 30.4 Å². The number of aromatic nitrogens is 1. The Kier molecular flexibility index (Phi) is 5.83. The third-order valence-corrected chi connectivity index (χ3v) is 4.02. The first kappa shape index (κ1) is 15.6. The summed E-state index contributed by atoms with van der Waals surface area (Å²) in [6.07, 6.45) is 2.87. The first-order valence-corrected chi connectivity index (χ1v) is 7.67. The molecule has 21 heavy (non-hydrogen) atoms. The van der Waals surface area contributed by atoms with E-state index in [1.165, 1.54) is 4.88 Å². The van der Waals surface area contributed by atoms with Crippen molar-refractivity contribution in [1.82, 2.24) is 4.98 Å². The van der Waals surface area contributed by atoms with Gasteiger partial charge in [-0.15, -0.1) is 11.3 Å². The summed E-state index contributed by atoms with van der Waals surface area (Å²) in [7, 11) is 1.60. The minimum absolute atomic E-state index is 0.0263. The number of thiazole rings is 1. The Bertz CT molecular complexity index is 572. The van der Waals surface area contributed by atoms with Gasteiger partial charge >= 0.3 is 0 Å². The lowest BCUT2D eigenvalue weighted by Gasteiger charge is -2.12. The third-order valence-electron chi connectivity index (χ3n) is 2.88. The van der Waals surface area contributed by atoms with Crippen molar-refractivity contribution in [2.24, 2.45) is 0 Å². The fourth-order valence-electron chi connectivity index (χ4n) is 1.84. The highest BCUT2D eigenvalue weighted by atomic mass is 32.1. The Morgan fingerprint density at radius 2 is 2.19 bits per heavy atom. The number of benzene rings is 1. The first-order valence-electron chi connectivity index (χ1n) is 6.86. The predicted molar refractivity (Wildman–Crippen MR) is 84.4 cm³/mol. The molecule has 0 aliphatic carbocycles. The number of hydrogen-bond acceptors (Lipinski definition) is 6. The number of rotatable bonds is 8. The number of methoxy groups -OCH3 is 1. The zero-order chi connectivity index (χ0) is 15.1. The van der Waals surface area contributed by atoms with E-state index < -0.39 is 0 Å². The van der Waals surface area contributed by atoms with Gasteiger partial charge in [-0.3, -0.25) is 0 Å². The SMILES string of the molecule is CCc1ncc(CNc2ccc(OC)c(OCCO)c2)s1. The highest BCUT2D eigenvalue weighted by Gasteiger charge is 2.06. The Morgan fingerprint density at radius 3 is 2.86 bits per heavy atom. The standard InChI is InChI=1S/C15H20N2O3S/c1-3-15-17-10-12(21-15)9-16-11-4-5-13(19-2)14(8-11)20-7-6-18/h4-5,8,10,16,18H,3,6-7,9H2,1-2H3. The molecule has 2 rings (SSSR count). The summed E-state index contributed by atoms with van der Waals surface area (Å²) in [6, 6.07) is 5.65. The fourth-order valence-corrected chi connectivity index (χ4v) is 2.64. The number of nitrogens with zero attached hydrogens (tertiary/aromatic N) is 1. The Morgan fingerprint density at radius 1 is 1.33 bits per heavy atom. The van der Waals surface area contributed by atoms with Gasteiger partial charge in [-0.2, -0.15) is 0 Å². The highest BCUT2D eigenvalue weighted by molar-refractivity contribution is 7.11.